The maximum absolute atomic E-state index is 3.80. The molecule has 0 aromatic rings. The van der Waals surface area contributed by atoms with Gasteiger partial charge in [0.05, 0.1) is 0 Å². The molecule has 0 unspecified atom stereocenters. The molecule has 0 saturated heterocycles. The van der Waals surface area contributed by atoms with Crippen molar-refractivity contribution in [1.82, 2.24) is 0 Å². The summed E-state index contributed by atoms with van der Waals surface area (Å²) >= 11 is 0. The lowest BCUT2D eigenvalue weighted by Gasteiger charge is -1.96. The third-order valence-electron chi connectivity index (χ3n) is 1.59. The van der Waals surface area contributed by atoms with Crippen LogP contribution in [0.15, 0.2) is 11.6 Å². The third-order valence-corrected chi connectivity index (χ3v) is 1.59. The van der Waals surface area contributed by atoms with Crippen LogP contribution in [0.5, 0.6) is 0 Å². The maximum atomic E-state index is 3.80. The average molecular weight is 139 g/mol. The van der Waals surface area contributed by atoms with Gasteiger partial charge in [0.1, 0.15) is 0 Å². The normalized spacial score (nSPS) is 12.1. The molecule has 0 saturated carbocycles. The van der Waals surface area contributed by atoms with Gasteiger partial charge in [-0.15, -0.1) is 0 Å². The smallest absolute Gasteiger partial charge is 0.0326 e. The molecule has 0 atom stereocenters. The second kappa shape index (κ2) is 6.85. The molecular formula is C10H19. The number of unbranched alkanes of at least 4 members (excludes halogenated alkanes) is 2. The molecule has 0 aliphatic carbocycles. The van der Waals surface area contributed by atoms with E-state index in [0.717, 1.165) is 6.42 Å². The van der Waals surface area contributed by atoms with Crippen LogP contribution < -0.4 is 0 Å². The molecule has 1 radical (unpaired) electrons. The number of hydrogen-bond donors (Lipinski definition) is 0. The zero-order valence-corrected chi connectivity index (χ0v) is 7.32. The Bertz CT molecular complexity index is 90.2. The third kappa shape index (κ3) is 5.87. The first-order chi connectivity index (χ1) is 4.81. The molecule has 10 heavy (non-hydrogen) atoms. The van der Waals surface area contributed by atoms with Crippen molar-refractivity contribution in [3.63, 3.8) is 0 Å². The summed E-state index contributed by atoms with van der Waals surface area (Å²) in [6.45, 7) is 8.24. The zero-order chi connectivity index (χ0) is 7.82. The second-order valence-corrected chi connectivity index (χ2v) is 2.80. The molecule has 59 valence electrons. The maximum Gasteiger partial charge on any atom is -0.0326 e. The van der Waals surface area contributed by atoms with Gasteiger partial charge < -0.3 is 0 Å². The largest absolute Gasteiger partial charge is 0.0856 e. The topological polar surface area (TPSA) is 0 Å². The van der Waals surface area contributed by atoms with Crippen LogP contribution in [0.1, 0.15) is 46.0 Å². The van der Waals surface area contributed by atoms with Crippen molar-refractivity contribution in [1.29, 1.82) is 0 Å². The van der Waals surface area contributed by atoms with Gasteiger partial charge in [-0.25, -0.2) is 0 Å². The molecule has 0 aromatic carbocycles. The van der Waals surface area contributed by atoms with Crippen molar-refractivity contribution in [2.24, 2.45) is 0 Å². The van der Waals surface area contributed by atoms with Crippen molar-refractivity contribution in [3.8, 4) is 0 Å². The Kier molecular flexibility index (Phi) is 6.68. The molecule has 0 heteroatoms. The second-order valence-electron chi connectivity index (χ2n) is 2.80. The number of hydrogen-bond acceptors (Lipinski definition) is 0. The van der Waals surface area contributed by atoms with Gasteiger partial charge in [0.15, 0.2) is 0 Å². The van der Waals surface area contributed by atoms with Gasteiger partial charge in [0, 0.05) is 0 Å². The molecule has 0 aromatic heterocycles. The molecule has 0 aliphatic rings. The highest BCUT2D eigenvalue weighted by molar-refractivity contribution is 4.97. The first-order valence-corrected chi connectivity index (χ1v) is 4.26. The van der Waals surface area contributed by atoms with Crippen molar-refractivity contribution < 1.29 is 0 Å². The van der Waals surface area contributed by atoms with E-state index in [1.54, 1.807) is 0 Å². The molecule has 0 aliphatic heterocycles. The van der Waals surface area contributed by atoms with Gasteiger partial charge >= 0.3 is 0 Å². The van der Waals surface area contributed by atoms with E-state index in [-0.39, 0.29) is 0 Å². The summed E-state index contributed by atoms with van der Waals surface area (Å²) in [5.41, 5.74) is 1.54. The molecule has 0 fully saturated rings. The lowest BCUT2D eigenvalue weighted by atomic mass is 10.1. The van der Waals surface area contributed by atoms with Crippen molar-refractivity contribution in [2.75, 3.05) is 0 Å². The Hall–Kier alpha value is -0.260. The molecule has 0 nitrogen and oxygen atoms in total. The van der Waals surface area contributed by atoms with Gasteiger partial charge in [-0.1, -0.05) is 38.3 Å². The summed E-state index contributed by atoms with van der Waals surface area (Å²) in [5, 5.41) is 0. The summed E-state index contributed by atoms with van der Waals surface area (Å²) in [7, 11) is 0. The van der Waals surface area contributed by atoms with Gasteiger partial charge in [0.2, 0.25) is 0 Å². The molecule has 0 spiro atoms. The summed E-state index contributed by atoms with van der Waals surface area (Å²) in [6, 6.07) is 0. The molecule has 0 heterocycles. The Morgan fingerprint density at radius 1 is 1.50 bits per heavy atom. The van der Waals surface area contributed by atoms with Crippen LogP contribution >= 0.6 is 0 Å². The minimum absolute atomic E-state index is 1.07. The standard InChI is InChI=1S/C10H19/c1-4-6-7-9-10(3)8-5-2/h9H,1,4-8H2,2-3H3. The quantitative estimate of drug-likeness (QED) is 0.402. The molecule has 0 amide bonds. The lowest BCUT2D eigenvalue weighted by Crippen LogP contribution is -1.75. The van der Waals surface area contributed by atoms with E-state index >= 15 is 0 Å². The van der Waals surface area contributed by atoms with Crippen LogP contribution in [0.3, 0.4) is 0 Å². The molecular weight excluding hydrogens is 120 g/mol. The SMILES string of the molecule is [CH2]CCCC=C(C)CCC. The summed E-state index contributed by atoms with van der Waals surface area (Å²) in [5.74, 6) is 0. The first kappa shape index (κ1) is 9.74. The van der Waals surface area contributed by atoms with E-state index in [9.17, 15) is 0 Å². The van der Waals surface area contributed by atoms with Crippen molar-refractivity contribution in [3.05, 3.63) is 18.6 Å². The Labute approximate surface area is 65.3 Å². The minimum atomic E-state index is 1.07. The highest BCUT2D eigenvalue weighted by Crippen LogP contribution is 2.06. The van der Waals surface area contributed by atoms with Crippen LogP contribution in [0.2, 0.25) is 0 Å². The first-order valence-electron chi connectivity index (χ1n) is 4.26. The van der Waals surface area contributed by atoms with E-state index in [0.29, 0.717) is 0 Å². The van der Waals surface area contributed by atoms with E-state index in [2.05, 4.69) is 26.8 Å². The highest BCUT2D eigenvalue weighted by Gasteiger charge is 1.85. The fourth-order valence-corrected chi connectivity index (χ4v) is 0.989. The Morgan fingerprint density at radius 2 is 2.20 bits per heavy atom. The molecule has 0 rings (SSSR count). The van der Waals surface area contributed by atoms with Crippen LogP contribution in [-0.2, 0) is 0 Å². The van der Waals surface area contributed by atoms with Gasteiger partial charge in [0.25, 0.3) is 0 Å². The van der Waals surface area contributed by atoms with E-state index in [1.165, 1.54) is 31.3 Å². The minimum Gasteiger partial charge on any atom is -0.0856 e. The average Bonchev–Trinajstić information content (AvgIpc) is 1.89. The molecule has 0 bridgehead atoms. The monoisotopic (exact) mass is 139 g/mol. The Morgan fingerprint density at radius 3 is 2.70 bits per heavy atom. The van der Waals surface area contributed by atoms with Gasteiger partial charge in [-0.05, 0) is 26.2 Å². The van der Waals surface area contributed by atoms with Crippen LogP contribution in [0.4, 0.5) is 0 Å². The Balaban J connectivity index is 3.28. The van der Waals surface area contributed by atoms with Crippen LogP contribution in [-0.4, -0.2) is 0 Å². The summed E-state index contributed by atoms with van der Waals surface area (Å²) in [6.07, 6.45) is 8.39. The predicted molar refractivity (Wildman–Crippen MR) is 47.9 cm³/mol. The van der Waals surface area contributed by atoms with Gasteiger partial charge in [-0.2, -0.15) is 0 Å². The fourth-order valence-electron chi connectivity index (χ4n) is 0.989. The van der Waals surface area contributed by atoms with E-state index < -0.39 is 0 Å². The summed E-state index contributed by atoms with van der Waals surface area (Å²) < 4.78 is 0. The summed E-state index contributed by atoms with van der Waals surface area (Å²) in [4.78, 5) is 0. The molecule has 0 N–H and O–H groups in total. The van der Waals surface area contributed by atoms with Crippen LogP contribution in [0.25, 0.3) is 0 Å². The van der Waals surface area contributed by atoms with Crippen molar-refractivity contribution in [2.45, 2.75) is 46.0 Å². The van der Waals surface area contributed by atoms with E-state index in [4.69, 9.17) is 0 Å². The van der Waals surface area contributed by atoms with Gasteiger partial charge in [-0.3, -0.25) is 0 Å². The predicted octanol–water partition coefficient (Wildman–Crippen LogP) is 3.74. The van der Waals surface area contributed by atoms with E-state index in [1.807, 2.05) is 0 Å². The number of rotatable bonds is 5. The van der Waals surface area contributed by atoms with Crippen LogP contribution in [0, 0.1) is 6.92 Å². The highest BCUT2D eigenvalue weighted by atomic mass is 13.9. The van der Waals surface area contributed by atoms with Crippen molar-refractivity contribution >= 4 is 0 Å². The number of allylic oxidation sites excluding steroid dienone is 2. The lowest BCUT2D eigenvalue weighted by molar-refractivity contribution is 0.838. The zero-order valence-electron chi connectivity index (χ0n) is 7.32. The fraction of sp³-hybridized carbons (Fsp3) is 0.700.